The van der Waals surface area contributed by atoms with Gasteiger partial charge in [0, 0.05) is 18.8 Å². The lowest BCUT2D eigenvalue weighted by atomic mass is 9.99. The van der Waals surface area contributed by atoms with Crippen molar-refractivity contribution in [2.24, 2.45) is 5.92 Å². The van der Waals surface area contributed by atoms with Gasteiger partial charge < -0.3 is 10.2 Å². The van der Waals surface area contributed by atoms with Gasteiger partial charge in [0.15, 0.2) is 11.5 Å². The predicted molar refractivity (Wildman–Crippen MR) is 90.8 cm³/mol. The van der Waals surface area contributed by atoms with Crippen molar-refractivity contribution in [3.63, 3.8) is 0 Å². The Hall–Kier alpha value is -2.43. The Morgan fingerprint density at radius 3 is 2.39 bits per heavy atom. The number of hydrogen-bond donors (Lipinski definition) is 1. The van der Waals surface area contributed by atoms with Crippen LogP contribution in [-0.4, -0.2) is 34.1 Å². The number of nitrogens with one attached hydrogen (secondary N) is 1. The SMILES string of the molecule is Cc1ccc(Nc2ccc(C(=O)N3CCC(C)CC3)nn2)cc1. The molecular weight excluding hydrogens is 288 g/mol. The van der Waals surface area contributed by atoms with E-state index in [0.717, 1.165) is 31.6 Å². The first-order valence-electron chi connectivity index (χ1n) is 8.08. The van der Waals surface area contributed by atoms with Gasteiger partial charge in [-0.15, -0.1) is 10.2 Å². The lowest BCUT2D eigenvalue weighted by molar-refractivity contribution is 0.0690. The Balaban J connectivity index is 1.64. The Bertz CT molecular complexity index is 658. The van der Waals surface area contributed by atoms with E-state index in [1.54, 1.807) is 12.1 Å². The van der Waals surface area contributed by atoms with Crippen molar-refractivity contribution in [3.8, 4) is 0 Å². The number of rotatable bonds is 3. The maximum Gasteiger partial charge on any atom is 0.274 e. The third-order valence-corrected chi connectivity index (χ3v) is 4.28. The van der Waals surface area contributed by atoms with Crippen LogP contribution >= 0.6 is 0 Å². The average molecular weight is 310 g/mol. The monoisotopic (exact) mass is 310 g/mol. The molecule has 1 aromatic carbocycles. The Kier molecular flexibility index (Phi) is 4.55. The molecule has 2 aromatic rings. The fourth-order valence-corrected chi connectivity index (χ4v) is 2.67. The summed E-state index contributed by atoms with van der Waals surface area (Å²) in [6.45, 7) is 5.90. The zero-order valence-electron chi connectivity index (χ0n) is 13.6. The van der Waals surface area contributed by atoms with Gasteiger partial charge in [0.05, 0.1) is 0 Å². The number of carbonyl (C=O) groups excluding carboxylic acids is 1. The second-order valence-electron chi connectivity index (χ2n) is 6.27. The summed E-state index contributed by atoms with van der Waals surface area (Å²) in [6.07, 6.45) is 2.12. The normalized spacial score (nSPS) is 15.5. The molecule has 1 aliphatic heterocycles. The zero-order chi connectivity index (χ0) is 16.2. The Labute approximate surface area is 136 Å². The maximum atomic E-state index is 12.4. The van der Waals surface area contributed by atoms with Crippen molar-refractivity contribution < 1.29 is 4.79 Å². The van der Waals surface area contributed by atoms with Crippen LogP contribution in [0.2, 0.25) is 0 Å². The molecule has 1 saturated heterocycles. The van der Waals surface area contributed by atoms with E-state index in [9.17, 15) is 4.79 Å². The van der Waals surface area contributed by atoms with Gasteiger partial charge in [-0.3, -0.25) is 4.79 Å². The predicted octanol–water partition coefficient (Wildman–Crippen LogP) is 3.40. The van der Waals surface area contributed by atoms with E-state index in [2.05, 4.69) is 22.4 Å². The first-order valence-corrected chi connectivity index (χ1v) is 8.08. The molecule has 0 unspecified atom stereocenters. The van der Waals surface area contributed by atoms with Gasteiger partial charge in [-0.1, -0.05) is 24.6 Å². The minimum atomic E-state index is -0.0220. The van der Waals surface area contributed by atoms with Crippen LogP contribution in [0.1, 0.15) is 35.8 Å². The van der Waals surface area contributed by atoms with Gasteiger partial charge >= 0.3 is 0 Å². The smallest absolute Gasteiger partial charge is 0.274 e. The molecule has 0 spiro atoms. The van der Waals surface area contributed by atoms with E-state index in [1.165, 1.54) is 5.56 Å². The highest BCUT2D eigenvalue weighted by molar-refractivity contribution is 5.92. The number of nitrogens with zero attached hydrogens (tertiary/aromatic N) is 3. The molecule has 2 heterocycles. The van der Waals surface area contributed by atoms with E-state index >= 15 is 0 Å². The highest BCUT2D eigenvalue weighted by Gasteiger charge is 2.22. The molecule has 23 heavy (non-hydrogen) atoms. The van der Waals surface area contributed by atoms with Crippen LogP contribution in [0.4, 0.5) is 11.5 Å². The first kappa shape index (κ1) is 15.5. The van der Waals surface area contributed by atoms with Crippen LogP contribution in [0.25, 0.3) is 0 Å². The molecule has 5 nitrogen and oxygen atoms in total. The van der Waals surface area contributed by atoms with Crippen molar-refractivity contribution in [2.45, 2.75) is 26.7 Å². The Morgan fingerprint density at radius 1 is 1.09 bits per heavy atom. The van der Waals surface area contributed by atoms with Crippen LogP contribution in [0, 0.1) is 12.8 Å². The molecule has 0 bridgehead atoms. The summed E-state index contributed by atoms with van der Waals surface area (Å²) in [5.74, 6) is 1.31. The molecule has 1 aliphatic rings. The number of likely N-dealkylation sites (tertiary alicyclic amines) is 1. The van der Waals surface area contributed by atoms with Gasteiger partial charge in [0.1, 0.15) is 0 Å². The van der Waals surface area contributed by atoms with E-state index < -0.39 is 0 Å². The summed E-state index contributed by atoms with van der Waals surface area (Å²) in [5, 5.41) is 11.4. The molecule has 5 heteroatoms. The molecule has 0 saturated carbocycles. The van der Waals surface area contributed by atoms with E-state index in [0.29, 0.717) is 17.4 Å². The topological polar surface area (TPSA) is 58.1 Å². The van der Waals surface area contributed by atoms with Crippen LogP contribution in [0.3, 0.4) is 0 Å². The van der Waals surface area contributed by atoms with Crippen molar-refractivity contribution in [2.75, 3.05) is 18.4 Å². The third-order valence-electron chi connectivity index (χ3n) is 4.28. The summed E-state index contributed by atoms with van der Waals surface area (Å²) in [5.41, 5.74) is 2.57. The summed E-state index contributed by atoms with van der Waals surface area (Å²) < 4.78 is 0. The minimum absolute atomic E-state index is 0.0220. The number of aryl methyl sites for hydroxylation is 1. The van der Waals surface area contributed by atoms with Crippen molar-refractivity contribution >= 4 is 17.4 Å². The zero-order valence-corrected chi connectivity index (χ0v) is 13.6. The molecule has 1 aromatic heterocycles. The second kappa shape index (κ2) is 6.77. The molecule has 1 fully saturated rings. The molecule has 120 valence electrons. The second-order valence-corrected chi connectivity index (χ2v) is 6.27. The number of hydrogen-bond acceptors (Lipinski definition) is 4. The third kappa shape index (κ3) is 3.86. The fourth-order valence-electron chi connectivity index (χ4n) is 2.67. The number of piperidine rings is 1. The lowest BCUT2D eigenvalue weighted by Crippen LogP contribution is -2.38. The molecule has 1 N–H and O–H groups in total. The van der Waals surface area contributed by atoms with Crippen molar-refractivity contribution in [1.82, 2.24) is 15.1 Å². The summed E-state index contributed by atoms with van der Waals surface area (Å²) >= 11 is 0. The average Bonchev–Trinajstić information content (AvgIpc) is 2.58. The summed E-state index contributed by atoms with van der Waals surface area (Å²) in [4.78, 5) is 14.3. The highest BCUT2D eigenvalue weighted by atomic mass is 16.2. The van der Waals surface area contributed by atoms with Crippen molar-refractivity contribution in [3.05, 3.63) is 47.7 Å². The standard InChI is InChI=1S/C18H22N4O/c1-13-3-5-15(6-4-13)19-17-8-7-16(20-21-17)18(23)22-11-9-14(2)10-12-22/h3-8,14H,9-12H2,1-2H3,(H,19,21). The molecule has 0 atom stereocenters. The van der Waals surface area contributed by atoms with Gasteiger partial charge in [-0.2, -0.15) is 0 Å². The lowest BCUT2D eigenvalue weighted by Gasteiger charge is -2.29. The molecule has 1 amide bonds. The number of benzene rings is 1. The summed E-state index contributed by atoms with van der Waals surface area (Å²) in [6, 6.07) is 11.6. The fraction of sp³-hybridized carbons (Fsp3) is 0.389. The van der Waals surface area contributed by atoms with Gasteiger partial charge in [0.25, 0.3) is 5.91 Å². The van der Waals surface area contributed by atoms with E-state index in [4.69, 9.17) is 0 Å². The molecule has 3 rings (SSSR count). The van der Waals surface area contributed by atoms with E-state index in [1.807, 2.05) is 36.1 Å². The van der Waals surface area contributed by atoms with Gasteiger partial charge in [-0.05, 0) is 49.9 Å². The quantitative estimate of drug-likeness (QED) is 0.944. The number of carbonyl (C=O) groups is 1. The first-order chi connectivity index (χ1) is 11.1. The van der Waals surface area contributed by atoms with Crippen LogP contribution in [-0.2, 0) is 0 Å². The minimum Gasteiger partial charge on any atom is -0.339 e. The molecule has 0 radical (unpaired) electrons. The Morgan fingerprint density at radius 2 is 1.78 bits per heavy atom. The van der Waals surface area contributed by atoms with Crippen molar-refractivity contribution in [1.29, 1.82) is 0 Å². The highest BCUT2D eigenvalue weighted by Crippen LogP contribution is 2.18. The number of anilines is 2. The molecule has 0 aliphatic carbocycles. The van der Waals surface area contributed by atoms with E-state index in [-0.39, 0.29) is 5.91 Å². The largest absolute Gasteiger partial charge is 0.339 e. The maximum absolute atomic E-state index is 12.4. The number of aromatic nitrogens is 2. The van der Waals surface area contributed by atoms with Gasteiger partial charge in [-0.25, -0.2) is 0 Å². The van der Waals surface area contributed by atoms with Crippen LogP contribution in [0.15, 0.2) is 36.4 Å². The number of amides is 1. The molecular formula is C18H22N4O. The summed E-state index contributed by atoms with van der Waals surface area (Å²) in [7, 11) is 0. The van der Waals surface area contributed by atoms with Gasteiger partial charge in [0.2, 0.25) is 0 Å². The van der Waals surface area contributed by atoms with Crippen LogP contribution in [0.5, 0.6) is 0 Å². The van der Waals surface area contributed by atoms with Crippen LogP contribution < -0.4 is 5.32 Å².